The Morgan fingerprint density at radius 1 is 0.267 bits per heavy atom. The molecule has 0 aromatic heterocycles. The second-order valence-corrected chi connectivity index (χ2v) is 17.1. The summed E-state index contributed by atoms with van der Waals surface area (Å²) in [6.07, 6.45) is 0. The van der Waals surface area contributed by atoms with Crippen LogP contribution in [0.15, 0.2) is 218 Å². The van der Waals surface area contributed by atoms with E-state index in [4.69, 9.17) is 0 Å². The Bertz CT molecular complexity index is 3280. The van der Waals surface area contributed by atoms with Gasteiger partial charge in [-0.15, -0.1) is 0 Å². The van der Waals surface area contributed by atoms with Crippen molar-refractivity contribution in [3.8, 4) is 55.6 Å². The van der Waals surface area contributed by atoms with Crippen LogP contribution in [0, 0.1) is 0 Å². The summed E-state index contributed by atoms with van der Waals surface area (Å²) in [6.45, 7) is 4.76. The Kier molecular flexibility index (Phi) is 7.59. The number of hydrogen-bond donors (Lipinski definition) is 0. The van der Waals surface area contributed by atoms with E-state index in [-0.39, 0.29) is 5.41 Å². The van der Waals surface area contributed by atoms with E-state index in [9.17, 15) is 0 Å². The molecule has 0 atom stereocenters. The molecule has 0 saturated heterocycles. The normalized spacial score (nSPS) is 14.1. The molecule has 0 spiro atoms. The molecule has 0 aliphatic heterocycles. The second kappa shape index (κ2) is 13.1. The maximum atomic E-state index is 2.52. The lowest BCUT2D eigenvalue weighted by Crippen LogP contribution is -2.28. The monoisotopic (exact) mass is 762 g/mol. The molecule has 0 heterocycles. The molecule has 0 saturated carbocycles. The van der Waals surface area contributed by atoms with Crippen molar-refractivity contribution < 1.29 is 0 Å². The molecular weight excluding hydrogens is 721 g/mol. The van der Waals surface area contributed by atoms with Crippen LogP contribution < -0.4 is 0 Å². The highest BCUT2D eigenvalue weighted by molar-refractivity contribution is 6.22. The minimum absolute atomic E-state index is 0.102. The summed E-state index contributed by atoms with van der Waals surface area (Å²) in [4.78, 5) is 0. The maximum Gasteiger partial charge on any atom is 0.0713 e. The van der Waals surface area contributed by atoms with Crippen molar-refractivity contribution >= 4 is 21.5 Å². The second-order valence-electron chi connectivity index (χ2n) is 17.1. The van der Waals surface area contributed by atoms with E-state index in [2.05, 4.69) is 232 Å². The van der Waals surface area contributed by atoms with E-state index in [0.29, 0.717) is 0 Å². The van der Waals surface area contributed by atoms with Crippen LogP contribution in [0.2, 0.25) is 0 Å². The number of benzene rings is 10. The fourth-order valence-corrected chi connectivity index (χ4v) is 11.1. The average molecular weight is 763 g/mol. The first-order valence-corrected chi connectivity index (χ1v) is 21.2. The van der Waals surface area contributed by atoms with Gasteiger partial charge in [0.15, 0.2) is 0 Å². The molecule has 10 aromatic rings. The van der Waals surface area contributed by atoms with Gasteiger partial charge in [-0.3, -0.25) is 0 Å². The van der Waals surface area contributed by atoms with Crippen LogP contribution in [-0.4, -0.2) is 0 Å². The Morgan fingerprint density at radius 3 is 1.33 bits per heavy atom. The summed E-state index contributed by atoms with van der Waals surface area (Å²) < 4.78 is 0. The lowest BCUT2D eigenvalue weighted by atomic mass is 9.67. The summed E-state index contributed by atoms with van der Waals surface area (Å²) in [5, 5.41) is 5.04. The van der Waals surface area contributed by atoms with E-state index < -0.39 is 5.41 Å². The molecule has 0 fully saturated rings. The van der Waals surface area contributed by atoms with Gasteiger partial charge in [0.1, 0.15) is 0 Å². The van der Waals surface area contributed by atoms with Gasteiger partial charge in [-0.1, -0.05) is 214 Å². The molecule has 12 rings (SSSR count). The third-order valence-electron chi connectivity index (χ3n) is 13.8. The third-order valence-corrected chi connectivity index (χ3v) is 13.8. The summed E-state index contributed by atoms with van der Waals surface area (Å²) in [5.74, 6) is 0. The first-order chi connectivity index (χ1) is 29.5. The van der Waals surface area contributed by atoms with Gasteiger partial charge in [-0.25, -0.2) is 0 Å². The zero-order valence-electron chi connectivity index (χ0n) is 33.8. The van der Waals surface area contributed by atoms with Gasteiger partial charge in [0.2, 0.25) is 0 Å². The van der Waals surface area contributed by atoms with E-state index in [0.717, 1.165) is 0 Å². The zero-order valence-corrected chi connectivity index (χ0v) is 33.8. The van der Waals surface area contributed by atoms with Crippen LogP contribution in [-0.2, 0) is 10.8 Å². The SMILES string of the molecule is CC1(C)c2ccccc2-c2ccc(-c3c4ccccc4c(-c4ccc5c(c4)C(c4ccccc4)(c4ccccc4)c4ccccc4-5)c4ccc(-c5ccccc5)cc34)cc21. The van der Waals surface area contributed by atoms with Crippen molar-refractivity contribution in [2.24, 2.45) is 0 Å². The molecule has 0 bridgehead atoms. The maximum absolute atomic E-state index is 2.52. The predicted octanol–water partition coefficient (Wildman–Crippen LogP) is 15.7. The van der Waals surface area contributed by atoms with E-state index in [1.54, 1.807) is 0 Å². The summed E-state index contributed by atoms with van der Waals surface area (Å²) in [6, 6.07) is 81.9. The molecule has 0 radical (unpaired) electrons. The predicted molar refractivity (Wildman–Crippen MR) is 253 cm³/mol. The molecule has 60 heavy (non-hydrogen) atoms. The van der Waals surface area contributed by atoms with Gasteiger partial charge in [-0.05, 0) is 129 Å². The molecule has 2 aliphatic rings. The standard InChI is InChI=1S/C60H42/c1-59(2)53-28-16-14-24-45(53)47-33-31-41(37-55(47)59)58-50-27-13-12-26-49(50)57(51-35-30-40(36-52(51)58)39-18-6-3-7-19-39)42-32-34-48-46-25-15-17-29-54(46)60(56(48)38-42,43-20-8-4-9-21-43)44-22-10-5-11-23-44/h3-38H,1-2H3. The summed E-state index contributed by atoms with van der Waals surface area (Å²) >= 11 is 0. The van der Waals surface area contributed by atoms with Crippen LogP contribution in [0.3, 0.4) is 0 Å². The zero-order chi connectivity index (χ0) is 40.0. The Morgan fingerprint density at radius 2 is 0.700 bits per heavy atom. The molecule has 0 unspecified atom stereocenters. The molecule has 0 N–H and O–H groups in total. The molecule has 0 amide bonds. The highest BCUT2D eigenvalue weighted by Crippen LogP contribution is 2.58. The van der Waals surface area contributed by atoms with Gasteiger partial charge in [0, 0.05) is 5.41 Å². The fraction of sp³-hybridized carbons (Fsp3) is 0.0667. The van der Waals surface area contributed by atoms with E-state index >= 15 is 0 Å². The molecule has 0 nitrogen and oxygen atoms in total. The summed E-state index contributed by atoms with van der Waals surface area (Å²) in [5.41, 5.74) is 20.2. The Balaban J connectivity index is 1.17. The van der Waals surface area contributed by atoms with E-state index in [1.807, 2.05) is 0 Å². The first kappa shape index (κ1) is 34.7. The summed E-state index contributed by atoms with van der Waals surface area (Å²) in [7, 11) is 0. The van der Waals surface area contributed by atoms with Crippen LogP contribution >= 0.6 is 0 Å². The van der Waals surface area contributed by atoms with Crippen molar-refractivity contribution in [1.29, 1.82) is 0 Å². The van der Waals surface area contributed by atoms with Gasteiger partial charge in [-0.2, -0.15) is 0 Å². The largest absolute Gasteiger partial charge is 0.0713 e. The van der Waals surface area contributed by atoms with Crippen molar-refractivity contribution in [3.63, 3.8) is 0 Å². The van der Waals surface area contributed by atoms with Crippen molar-refractivity contribution in [3.05, 3.63) is 252 Å². The topological polar surface area (TPSA) is 0 Å². The number of hydrogen-bond acceptors (Lipinski definition) is 0. The first-order valence-electron chi connectivity index (χ1n) is 21.2. The minimum atomic E-state index is -0.481. The number of rotatable bonds is 5. The lowest BCUT2D eigenvalue weighted by molar-refractivity contribution is 0.660. The van der Waals surface area contributed by atoms with Crippen molar-refractivity contribution in [2.75, 3.05) is 0 Å². The van der Waals surface area contributed by atoms with Crippen molar-refractivity contribution in [1.82, 2.24) is 0 Å². The molecule has 2 aliphatic carbocycles. The fourth-order valence-electron chi connectivity index (χ4n) is 11.1. The molecule has 0 heteroatoms. The van der Waals surface area contributed by atoms with Gasteiger partial charge in [0.25, 0.3) is 0 Å². The van der Waals surface area contributed by atoms with Gasteiger partial charge in [0.05, 0.1) is 5.41 Å². The Labute approximate surface area is 352 Å². The van der Waals surface area contributed by atoms with Gasteiger partial charge >= 0.3 is 0 Å². The van der Waals surface area contributed by atoms with Crippen LogP contribution in [0.25, 0.3) is 77.2 Å². The average Bonchev–Trinajstić information content (AvgIpc) is 3.73. The lowest BCUT2D eigenvalue weighted by Gasteiger charge is -2.34. The van der Waals surface area contributed by atoms with Crippen LogP contribution in [0.5, 0.6) is 0 Å². The third kappa shape index (κ3) is 4.85. The molecule has 282 valence electrons. The molecular formula is C60H42. The van der Waals surface area contributed by atoms with E-state index in [1.165, 1.54) is 111 Å². The number of fused-ring (bicyclic) bond motifs is 8. The highest BCUT2D eigenvalue weighted by Gasteiger charge is 2.46. The minimum Gasteiger partial charge on any atom is -0.0622 e. The molecule has 10 aromatic carbocycles. The quantitative estimate of drug-likeness (QED) is 0.153. The van der Waals surface area contributed by atoms with Crippen LogP contribution in [0.4, 0.5) is 0 Å². The van der Waals surface area contributed by atoms with Crippen LogP contribution in [0.1, 0.15) is 47.2 Å². The Hall–Kier alpha value is -7.28. The smallest absolute Gasteiger partial charge is 0.0622 e. The highest BCUT2D eigenvalue weighted by atomic mass is 14.5. The van der Waals surface area contributed by atoms with Crippen molar-refractivity contribution in [2.45, 2.75) is 24.7 Å². The van der Waals surface area contributed by atoms with Gasteiger partial charge < -0.3 is 0 Å².